The normalized spacial score (nSPS) is 14.8. The topological polar surface area (TPSA) is 69.8 Å². The third-order valence-electron chi connectivity index (χ3n) is 4.22. The third kappa shape index (κ3) is 6.64. The summed E-state index contributed by atoms with van der Waals surface area (Å²) in [6.07, 6.45) is 2.60. The van der Waals surface area contributed by atoms with Crippen molar-refractivity contribution >= 4 is 29.9 Å². The van der Waals surface area contributed by atoms with Gasteiger partial charge in [0, 0.05) is 19.0 Å². The monoisotopic (exact) mass is 471 g/mol. The second-order valence-electron chi connectivity index (χ2n) is 6.34. The van der Waals surface area contributed by atoms with Gasteiger partial charge in [0.05, 0.1) is 12.8 Å². The van der Waals surface area contributed by atoms with Gasteiger partial charge < -0.3 is 20.2 Å². The van der Waals surface area contributed by atoms with E-state index in [1.165, 1.54) is 5.56 Å². The molecule has 1 heterocycles. The van der Waals surface area contributed by atoms with Crippen LogP contribution in [0, 0.1) is 0 Å². The van der Waals surface area contributed by atoms with Gasteiger partial charge in [0.1, 0.15) is 11.4 Å². The maximum atomic E-state index is 10.5. The molecule has 2 unspecified atom stereocenters. The molecule has 3 N–H and O–H groups in total. The first-order chi connectivity index (χ1) is 12.1. The summed E-state index contributed by atoms with van der Waals surface area (Å²) in [6, 6.07) is 14.0. The molecule has 1 aromatic heterocycles. The van der Waals surface area contributed by atoms with Crippen LogP contribution in [-0.4, -0.2) is 30.7 Å². The third-order valence-corrected chi connectivity index (χ3v) is 4.22. The summed E-state index contributed by atoms with van der Waals surface area (Å²) in [5.74, 6) is 1.63. The van der Waals surface area contributed by atoms with E-state index in [9.17, 15) is 5.11 Å². The van der Waals surface area contributed by atoms with Crippen molar-refractivity contribution in [1.29, 1.82) is 0 Å². The van der Waals surface area contributed by atoms with Crippen molar-refractivity contribution in [2.75, 3.05) is 19.6 Å². The Morgan fingerprint density at radius 3 is 2.46 bits per heavy atom. The molecular formula is C20H30IN3O2. The molecule has 0 aliphatic heterocycles. The Bertz CT molecular complexity index is 642. The van der Waals surface area contributed by atoms with Crippen molar-refractivity contribution < 1.29 is 9.52 Å². The van der Waals surface area contributed by atoms with Gasteiger partial charge in [0.25, 0.3) is 0 Å². The van der Waals surface area contributed by atoms with Gasteiger partial charge in [0.15, 0.2) is 5.96 Å². The lowest BCUT2D eigenvalue weighted by Crippen LogP contribution is -2.40. The lowest BCUT2D eigenvalue weighted by Gasteiger charge is -2.21. The molecule has 1 aromatic carbocycles. The second-order valence-corrected chi connectivity index (χ2v) is 6.34. The number of aliphatic imine (C=N–C) groups is 1. The van der Waals surface area contributed by atoms with Crippen LogP contribution in [-0.2, 0) is 5.60 Å². The second kappa shape index (κ2) is 11.2. The van der Waals surface area contributed by atoms with Gasteiger partial charge in [-0.05, 0) is 38.0 Å². The Morgan fingerprint density at radius 1 is 1.15 bits per heavy atom. The number of guanidine groups is 1. The predicted octanol–water partition coefficient (Wildman–Crippen LogP) is 3.85. The number of hydrogen-bond donors (Lipinski definition) is 3. The van der Waals surface area contributed by atoms with Crippen LogP contribution in [0.25, 0.3) is 0 Å². The molecule has 0 bridgehead atoms. The number of nitrogens with one attached hydrogen (secondary N) is 2. The summed E-state index contributed by atoms with van der Waals surface area (Å²) in [5, 5.41) is 17.2. The van der Waals surface area contributed by atoms with Crippen molar-refractivity contribution in [2.24, 2.45) is 4.99 Å². The van der Waals surface area contributed by atoms with E-state index >= 15 is 0 Å². The summed E-state index contributed by atoms with van der Waals surface area (Å²) in [7, 11) is 0. The Kier molecular flexibility index (Phi) is 9.72. The maximum Gasteiger partial charge on any atom is 0.191 e. The van der Waals surface area contributed by atoms with E-state index in [1.807, 2.05) is 13.0 Å². The fourth-order valence-electron chi connectivity index (χ4n) is 2.68. The number of nitrogens with zero attached hydrogens (tertiary/aromatic N) is 1. The van der Waals surface area contributed by atoms with Crippen LogP contribution in [0.1, 0.15) is 44.4 Å². The molecule has 2 aromatic rings. The van der Waals surface area contributed by atoms with E-state index in [-0.39, 0.29) is 30.5 Å². The van der Waals surface area contributed by atoms with E-state index < -0.39 is 5.60 Å². The molecular weight excluding hydrogens is 441 g/mol. The van der Waals surface area contributed by atoms with E-state index in [0.29, 0.717) is 17.6 Å². The van der Waals surface area contributed by atoms with Gasteiger partial charge in [-0.15, -0.1) is 24.0 Å². The zero-order chi connectivity index (χ0) is 18.1. The summed E-state index contributed by atoms with van der Waals surface area (Å²) < 4.78 is 5.30. The Morgan fingerprint density at radius 2 is 1.88 bits per heavy atom. The van der Waals surface area contributed by atoms with Crippen LogP contribution in [0.4, 0.5) is 0 Å². The SMILES string of the molecule is CCNC(=NCC(C)(O)c1ccco1)NCC(CC)c1ccccc1.I. The Balaban J connectivity index is 0.00000338. The Labute approximate surface area is 173 Å². The minimum atomic E-state index is -1.13. The number of aliphatic hydroxyl groups is 1. The molecule has 0 spiro atoms. The first kappa shape index (κ1) is 22.5. The van der Waals surface area contributed by atoms with Crippen molar-refractivity contribution in [2.45, 2.75) is 38.7 Å². The summed E-state index contributed by atoms with van der Waals surface area (Å²) in [5.41, 5.74) is 0.186. The average Bonchev–Trinajstić information content (AvgIpc) is 3.17. The highest BCUT2D eigenvalue weighted by Gasteiger charge is 2.26. The molecule has 5 nitrogen and oxygen atoms in total. The van der Waals surface area contributed by atoms with Gasteiger partial charge in [-0.1, -0.05) is 37.3 Å². The molecule has 0 saturated carbocycles. The van der Waals surface area contributed by atoms with E-state index in [4.69, 9.17) is 4.42 Å². The first-order valence-electron chi connectivity index (χ1n) is 8.90. The smallest absolute Gasteiger partial charge is 0.191 e. The van der Waals surface area contributed by atoms with Crippen LogP contribution in [0.15, 0.2) is 58.1 Å². The summed E-state index contributed by atoms with van der Waals surface area (Å²) in [4.78, 5) is 4.53. The number of rotatable bonds is 8. The first-order valence-corrected chi connectivity index (χ1v) is 8.90. The maximum absolute atomic E-state index is 10.5. The van der Waals surface area contributed by atoms with Gasteiger partial charge >= 0.3 is 0 Å². The number of hydrogen-bond acceptors (Lipinski definition) is 3. The summed E-state index contributed by atoms with van der Waals surface area (Å²) in [6.45, 7) is 7.68. The van der Waals surface area contributed by atoms with Crippen molar-refractivity contribution in [3.05, 3.63) is 60.1 Å². The molecule has 0 aliphatic carbocycles. The van der Waals surface area contributed by atoms with Crippen molar-refractivity contribution in [3.8, 4) is 0 Å². The molecule has 0 amide bonds. The zero-order valence-corrected chi connectivity index (χ0v) is 18.1. The highest BCUT2D eigenvalue weighted by molar-refractivity contribution is 14.0. The van der Waals surface area contributed by atoms with Crippen LogP contribution in [0.2, 0.25) is 0 Å². The highest BCUT2D eigenvalue weighted by Crippen LogP contribution is 2.21. The predicted molar refractivity (Wildman–Crippen MR) is 117 cm³/mol. The number of halogens is 1. The van der Waals surface area contributed by atoms with Crippen LogP contribution in [0.5, 0.6) is 0 Å². The summed E-state index contributed by atoms with van der Waals surface area (Å²) >= 11 is 0. The van der Waals surface area contributed by atoms with E-state index in [0.717, 1.165) is 19.5 Å². The van der Waals surface area contributed by atoms with E-state index in [2.05, 4.69) is 46.8 Å². The van der Waals surface area contributed by atoms with Crippen LogP contribution in [0.3, 0.4) is 0 Å². The zero-order valence-electron chi connectivity index (χ0n) is 15.7. The minimum Gasteiger partial charge on any atom is -0.466 e. The van der Waals surface area contributed by atoms with Gasteiger partial charge in [-0.3, -0.25) is 0 Å². The highest BCUT2D eigenvalue weighted by atomic mass is 127. The molecule has 0 radical (unpaired) electrons. The van der Waals surface area contributed by atoms with E-state index in [1.54, 1.807) is 25.3 Å². The van der Waals surface area contributed by atoms with Crippen molar-refractivity contribution in [3.63, 3.8) is 0 Å². The lowest BCUT2D eigenvalue weighted by molar-refractivity contribution is 0.0437. The average molecular weight is 471 g/mol. The molecule has 6 heteroatoms. The fourth-order valence-corrected chi connectivity index (χ4v) is 2.68. The fraction of sp³-hybridized carbons (Fsp3) is 0.450. The Hall–Kier alpha value is -1.54. The molecule has 0 saturated heterocycles. The van der Waals surface area contributed by atoms with Gasteiger partial charge in [-0.25, -0.2) is 4.99 Å². The minimum absolute atomic E-state index is 0. The molecule has 144 valence electrons. The van der Waals surface area contributed by atoms with Crippen molar-refractivity contribution in [1.82, 2.24) is 10.6 Å². The largest absolute Gasteiger partial charge is 0.466 e. The molecule has 2 rings (SSSR count). The molecule has 2 atom stereocenters. The molecule has 26 heavy (non-hydrogen) atoms. The van der Waals surface area contributed by atoms with Crippen LogP contribution < -0.4 is 10.6 Å². The quantitative estimate of drug-likeness (QED) is 0.311. The number of benzene rings is 1. The number of furan rings is 1. The lowest BCUT2D eigenvalue weighted by atomic mass is 9.97. The molecule has 0 fully saturated rings. The van der Waals surface area contributed by atoms with Crippen LogP contribution >= 0.6 is 24.0 Å². The standard InChI is InChI=1S/C20H29N3O2.HI/c1-4-16(17-10-7-6-8-11-17)14-22-19(21-5-2)23-15-20(3,24)18-12-9-13-25-18;/h6-13,16,24H,4-5,14-15H2,1-3H3,(H2,21,22,23);1H. The molecule has 0 aliphatic rings. The van der Waals surface area contributed by atoms with Gasteiger partial charge in [-0.2, -0.15) is 0 Å². The van der Waals surface area contributed by atoms with Gasteiger partial charge in [0.2, 0.25) is 0 Å².